The van der Waals surface area contributed by atoms with Crippen molar-refractivity contribution in [1.29, 1.82) is 0 Å². The Morgan fingerprint density at radius 1 is 1.24 bits per heavy atom. The van der Waals surface area contributed by atoms with Crippen LogP contribution in [0, 0.1) is 0 Å². The lowest BCUT2D eigenvalue weighted by Gasteiger charge is -2.14. The first kappa shape index (κ1) is 17.5. The van der Waals surface area contributed by atoms with Crippen LogP contribution in [0.1, 0.15) is 32.6 Å². The fourth-order valence-electron chi connectivity index (χ4n) is 1.70. The predicted molar refractivity (Wildman–Crippen MR) is 83.3 cm³/mol. The lowest BCUT2D eigenvalue weighted by atomic mass is 10.2. The number of nitrogens with one attached hydrogen (secondary N) is 1. The standard InChI is InChI=1S/C15H20BrNO4/c1-11(21-13-8-6-12(16)7-9-13)15(20)17-10-4-2-3-5-14(18)19/h6-9,11H,2-5,10H2,1H3,(H,17,20)(H,18,19). The summed E-state index contributed by atoms with van der Waals surface area (Å²) in [5.41, 5.74) is 0. The van der Waals surface area contributed by atoms with Crippen LogP contribution in [-0.2, 0) is 9.59 Å². The lowest BCUT2D eigenvalue weighted by molar-refractivity contribution is -0.137. The van der Waals surface area contributed by atoms with E-state index in [-0.39, 0.29) is 12.3 Å². The van der Waals surface area contributed by atoms with Crippen LogP contribution >= 0.6 is 15.9 Å². The summed E-state index contributed by atoms with van der Waals surface area (Å²) in [5, 5.41) is 11.3. The number of aliphatic carboxylic acids is 1. The molecule has 0 aliphatic heterocycles. The van der Waals surface area contributed by atoms with E-state index in [2.05, 4.69) is 21.2 Å². The molecule has 1 rings (SSSR count). The number of carboxylic acids is 1. The molecule has 1 atom stereocenters. The number of amides is 1. The zero-order valence-electron chi connectivity index (χ0n) is 12.0. The molecule has 21 heavy (non-hydrogen) atoms. The van der Waals surface area contributed by atoms with Gasteiger partial charge in [0.05, 0.1) is 0 Å². The Morgan fingerprint density at radius 2 is 1.90 bits per heavy atom. The van der Waals surface area contributed by atoms with E-state index in [1.807, 2.05) is 12.1 Å². The maximum Gasteiger partial charge on any atom is 0.303 e. The number of halogens is 1. The molecule has 0 fully saturated rings. The number of carbonyl (C=O) groups excluding carboxylic acids is 1. The molecule has 0 saturated heterocycles. The summed E-state index contributed by atoms with van der Waals surface area (Å²) in [6.45, 7) is 2.23. The molecule has 0 radical (unpaired) electrons. The van der Waals surface area contributed by atoms with Gasteiger partial charge in [0.15, 0.2) is 6.10 Å². The Kier molecular flexibility index (Phi) is 7.82. The average molecular weight is 358 g/mol. The van der Waals surface area contributed by atoms with E-state index >= 15 is 0 Å². The maximum absolute atomic E-state index is 11.8. The summed E-state index contributed by atoms with van der Waals surface area (Å²) in [4.78, 5) is 22.2. The van der Waals surface area contributed by atoms with Crippen LogP contribution < -0.4 is 10.1 Å². The molecule has 1 aromatic carbocycles. The van der Waals surface area contributed by atoms with Crippen molar-refractivity contribution in [3.8, 4) is 5.75 Å². The number of hydrogen-bond acceptors (Lipinski definition) is 3. The van der Waals surface area contributed by atoms with Crippen molar-refractivity contribution < 1.29 is 19.4 Å². The molecule has 0 bridgehead atoms. The van der Waals surface area contributed by atoms with E-state index in [1.165, 1.54) is 0 Å². The minimum absolute atomic E-state index is 0.170. The average Bonchev–Trinajstić information content (AvgIpc) is 2.44. The number of rotatable bonds is 9. The largest absolute Gasteiger partial charge is 0.481 e. The number of ether oxygens (including phenoxy) is 1. The van der Waals surface area contributed by atoms with E-state index in [9.17, 15) is 9.59 Å². The van der Waals surface area contributed by atoms with Crippen LogP contribution in [0.25, 0.3) is 0 Å². The number of carboxylic acid groups (broad SMARTS) is 1. The van der Waals surface area contributed by atoms with E-state index in [0.29, 0.717) is 18.7 Å². The molecule has 1 aromatic rings. The fraction of sp³-hybridized carbons (Fsp3) is 0.467. The highest BCUT2D eigenvalue weighted by Gasteiger charge is 2.13. The van der Waals surface area contributed by atoms with E-state index in [4.69, 9.17) is 9.84 Å². The summed E-state index contributed by atoms with van der Waals surface area (Å²) >= 11 is 3.33. The van der Waals surface area contributed by atoms with Gasteiger partial charge in [-0.2, -0.15) is 0 Å². The Labute approximate surface area is 132 Å². The minimum atomic E-state index is -0.782. The van der Waals surface area contributed by atoms with Crippen LogP contribution in [0.2, 0.25) is 0 Å². The van der Waals surface area contributed by atoms with Crippen molar-refractivity contribution in [3.05, 3.63) is 28.7 Å². The first-order valence-electron chi connectivity index (χ1n) is 6.91. The lowest BCUT2D eigenvalue weighted by Crippen LogP contribution is -2.36. The Hall–Kier alpha value is -1.56. The van der Waals surface area contributed by atoms with Crippen molar-refractivity contribution in [1.82, 2.24) is 5.32 Å². The highest BCUT2D eigenvalue weighted by molar-refractivity contribution is 9.10. The van der Waals surface area contributed by atoms with Gasteiger partial charge in [0.25, 0.3) is 5.91 Å². The number of hydrogen-bond donors (Lipinski definition) is 2. The smallest absolute Gasteiger partial charge is 0.303 e. The summed E-state index contributed by atoms with van der Waals surface area (Å²) in [5.74, 6) is -0.311. The SMILES string of the molecule is CC(Oc1ccc(Br)cc1)C(=O)NCCCCCC(=O)O. The summed E-state index contributed by atoms with van der Waals surface area (Å²) in [6.07, 6.45) is 1.80. The minimum Gasteiger partial charge on any atom is -0.481 e. The fourth-order valence-corrected chi connectivity index (χ4v) is 1.97. The zero-order chi connectivity index (χ0) is 15.7. The molecule has 0 aromatic heterocycles. The van der Waals surface area contributed by atoms with Crippen LogP contribution in [-0.4, -0.2) is 29.6 Å². The van der Waals surface area contributed by atoms with Crippen molar-refractivity contribution in [2.24, 2.45) is 0 Å². The monoisotopic (exact) mass is 357 g/mol. The van der Waals surface area contributed by atoms with E-state index < -0.39 is 12.1 Å². The van der Waals surface area contributed by atoms with Crippen molar-refractivity contribution in [3.63, 3.8) is 0 Å². The number of carbonyl (C=O) groups is 2. The van der Waals surface area contributed by atoms with E-state index in [1.54, 1.807) is 19.1 Å². The summed E-state index contributed by atoms with van der Waals surface area (Å²) < 4.78 is 6.48. The quantitative estimate of drug-likeness (QED) is 0.666. The Bertz CT molecular complexity index is 461. The molecule has 2 N–H and O–H groups in total. The molecule has 0 aliphatic carbocycles. The zero-order valence-corrected chi connectivity index (χ0v) is 13.6. The molecule has 116 valence electrons. The summed E-state index contributed by atoms with van der Waals surface area (Å²) in [7, 11) is 0. The Morgan fingerprint density at radius 3 is 2.52 bits per heavy atom. The molecule has 0 aliphatic rings. The van der Waals surface area contributed by atoms with Crippen LogP contribution in [0.15, 0.2) is 28.7 Å². The van der Waals surface area contributed by atoms with Gasteiger partial charge in [0, 0.05) is 17.4 Å². The van der Waals surface area contributed by atoms with Crippen LogP contribution in [0.3, 0.4) is 0 Å². The van der Waals surface area contributed by atoms with Gasteiger partial charge in [-0.25, -0.2) is 0 Å². The van der Waals surface area contributed by atoms with Gasteiger partial charge in [-0.3, -0.25) is 9.59 Å². The third-order valence-electron chi connectivity index (χ3n) is 2.86. The molecule has 6 heteroatoms. The molecule has 1 unspecified atom stereocenters. The van der Waals surface area contributed by atoms with Gasteiger partial charge < -0.3 is 15.2 Å². The van der Waals surface area contributed by atoms with Gasteiger partial charge in [-0.1, -0.05) is 22.4 Å². The Balaban J connectivity index is 2.19. The second-order valence-corrected chi connectivity index (χ2v) is 5.63. The van der Waals surface area contributed by atoms with Gasteiger partial charge in [0.1, 0.15) is 5.75 Å². The molecule has 0 saturated carbocycles. The van der Waals surface area contributed by atoms with Crippen molar-refractivity contribution >= 4 is 27.8 Å². The van der Waals surface area contributed by atoms with Crippen LogP contribution in [0.5, 0.6) is 5.75 Å². The number of benzene rings is 1. The maximum atomic E-state index is 11.8. The van der Waals surface area contributed by atoms with Gasteiger partial charge in [0.2, 0.25) is 0 Å². The topological polar surface area (TPSA) is 75.6 Å². The third-order valence-corrected chi connectivity index (χ3v) is 3.39. The van der Waals surface area contributed by atoms with Crippen LogP contribution in [0.4, 0.5) is 0 Å². The first-order chi connectivity index (χ1) is 9.99. The first-order valence-corrected chi connectivity index (χ1v) is 7.70. The molecular formula is C15H20BrNO4. The second kappa shape index (κ2) is 9.39. The molecule has 0 heterocycles. The normalized spacial score (nSPS) is 11.7. The highest BCUT2D eigenvalue weighted by atomic mass is 79.9. The van der Waals surface area contributed by atoms with E-state index in [0.717, 1.165) is 17.3 Å². The third kappa shape index (κ3) is 7.70. The molecule has 5 nitrogen and oxygen atoms in total. The second-order valence-electron chi connectivity index (χ2n) is 4.71. The van der Waals surface area contributed by atoms with Gasteiger partial charge >= 0.3 is 5.97 Å². The van der Waals surface area contributed by atoms with Crippen molar-refractivity contribution in [2.45, 2.75) is 38.7 Å². The predicted octanol–water partition coefficient (Wildman–Crippen LogP) is 2.98. The van der Waals surface area contributed by atoms with Crippen molar-refractivity contribution in [2.75, 3.05) is 6.54 Å². The highest BCUT2D eigenvalue weighted by Crippen LogP contribution is 2.17. The molecular weight excluding hydrogens is 338 g/mol. The van der Waals surface area contributed by atoms with Gasteiger partial charge in [-0.05, 0) is 44.0 Å². The van der Waals surface area contributed by atoms with Gasteiger partial charge in [-0.15, -0.1) is 0 Å². The summed E-state index contributed by atoms with van der Waals surface area (Å²) in [6, 6.07) is 7.28. The molecule has 0 spiro atoms. The number of unbranched alkanes of at least 4 members (excludes halogenated alkanes) is 2. The molecule has 1 amide bonds.